The first-order valence-corrected chi connectivity index (χ1v) is 6.54. The molecule has 0 N–H and O–H groups in total. The van der Waals surface area contributed by atoms with Gasteiger partial charge >= 0.3 is 0 Å². The minimum absolute atomic E-state index is 0.0806. The molecule has 0 spiro atoms. The van der Waals surface area contributed by atoms with Crippen molar-refractivity contribution in [3.63, 3.8) is 0 Å². The number of pyridine rings is 1. The molecule has 1 aliphatic rings. The van der Waals surface area contributed by atoms with E-state index in [0.29, 0.717) is 0 Å². The van der Waals surface area contributed by atoms with Crippen LogP contribution in [0.1, 0.15) is 37.0 Å². The number of carbonyl (C=O) groups excluding carboxylic acids is 1. The SMILES string of the molecule is CCOC1CCCN(c2cc(C(C)=O)ccn2)C1. The molecule has 2 rings (SSSR count). The van der Waals surface area contributed by atoms with Gasteiger partial charge in [-0.05, 0) is 38.8 Å². The zero-order chi connectivity index (χ0) is 13.0. The van der Waals surface area contributed by atoms with Crippen molar-refractivity contribution in [2.45, 2.75) is 32.8 Å². The van der Waals surface area contributed by atoms with Crippen LogP contribution in [-0.2, 0) is 4.74 Å². The molecule has 0 aromatic carbocycles. The second-order valence-electron chi connectivity index (χ2n) is 4.62. The third-order valence-electron chi connectivity index (χ3n) is 3.26. The van der Waals surface area contributed by atoms with Crippen molar-refractivity contribution < 1.29 is 9.53 Å². The molecule has 1 aliphatic heterocycles. The van der Waals surface area contributed by atoms with Crippen LogP contribution in [-0.4, -0.2) is 36.6 Å². The maximum absolute atomic E-state index is 11.4. The Balaban J connectivity index is 2.10. The number of aromatic nitrogens is 1. The molecule has 0 aliphatic carbocycles. The van der Waals surface area contributed by atoms with Crippen LogP contribution in [0.4, 0.5) is 5.82 Å². The second kappa shape index (κ2) is 5.96. The average Bonchev–Trinajstić information content (AvgIpc) is 2.39. The third kappa shape index (κ3) is 3.07. The molecule has 1 saturated heterocycles. The van der Waals surface area contributed by atoms with Crippen molar-refractivity contribution >= 4 is 11.6 Å². The van der Waals surface area contributed by atoms with Crippen molar-refractivity contribution in [3.05, 3.63) is 23.9 Å². The number of piperidine rings is 1. The molecule has 0 bridgehead atoms. The Morgan fingerprint density at radius 1 is 1.61 bits per heavy atom. The molecule has 98 valence electrons. The fraction of sp³-hybridized carbons (Fsp3) is 0.571. The number of anilines is 1. The summed E-state index contributed by atoms with van der Waals surface area (Å²) in [6.07, 6.45) is 4.20. The fourth-order valence-electron chi connectivity index (χ4n) is 2.33. The number of hydrogen-bond donors (Lipinski definition) is 0. The average molecular weight is 248 g/mol. The summed E-state index contributed by atoms with van der Waals surface area (Å²) in [7, 11) is 0. The van der Waals surface area contributed by atoms with Gasteiger partial charge in [0.05, 0.1) is 6.10 Å². The minimum atomic E-state index is 0.0806. The summed E-state index contributed by atoms with van der Waals surface area (Å²) in [6, 6.07) is 3.63. The molecule has 4 heteroatoms. The van der Waals surface area contributed by atoms with Crippen molar-refractivity contribution in [2.24, 2.45) is 0 Å². The van der Waals surface area contributed by atoms with Crippen LogP contribution in [0.25, 0.3) is 0 Å². The van der Waals surface area contributed by atoms with Crippen LogP contribution in [0.15, 0.2) is 18.3 Å². The Bertz CT molecular complexity index is 418. The van der Waals surface area contributed by atoms with E-state index in [1.807, 2.05) is 13.0 Å². The molecule has 2 heterocycles. The highest BCUT2D eigenvalue weighted by atomic mass is 16.5. The Hall–Kier alpha value is -1.42. The van der Waals surface area contributed by atoms with Crippen LogP contribution in [0.3, 0.4) is 0 Å². The molecule has 1 aromatic rings. The monoisotopic (exact) mass is 248 g/mol. The van der Waals surface area contributed by atoms with Crippen molar-refractivity contribution in [1.29, 1.82) is 0 Å². The van der Waals surface area contributed by atoms with Crippen molar-refractivity contribution in [2.75, 3.05) is 24.6 Å². The van der Waals surface area contributed by atoms with E-state index in [-0.39, 0.29) is 11.9 Å². The minimum Gasteiger partial charge on any atom is -0.377 e. The van der Waals surface area contributed by atoms with E-state index in [1.165, 1.54) is 0 Å². The first-order valence-electron chi connectivity index (χ1n) is 6.54. The van der Waals surface area contributed by atoms with Crippen LogP contribution >= 0.6 is 0 Å². The summed E-state index contributed by atoms with van der Waals surface area (Å²) < 4.78 is 5.68. The van der Waals surface area contributed by atoms with Gasteiger partial charge in [0, 0.05) is 31.5 Å². The van der Waals surface area contributed by atoms with E-state index in [4.69, 9.17) is 4.74 Å². The Labute approximate surface area is 108 Å². The number of Topliss-reactive ketones (excluding diaryl/α,β-unsaturated/α-hetero) is 1. The van der Waals surface area contributed by atoms with Gasteiger partial charge in [0.25, 0.3) is 0 Å². The van der Waals surface area contributed by atoms with Crippen molar-refractivity contribution in [3.8, 4) is 0 Å². The number of ketones is 1. The summed E-state index contributed by atoms with van der Waals surface area (Å²) in [4.78, 5) is 17.9. The molecule has 0 amide bonds. The van der Waals surface area contributed by atoms with Gasteiger partial charge in [-0.15, -0.1) is 0 Å². The van der Waals surface area contributed by atoms with Gasteiger partial charge in [0.2, 0.25) is 0 Å². The lowest BCUT2D eigenvalue weighted by molar-refractivity contribution is 0.0525. The fourth-order valence-corrected chi connectivity index (χ4v) is 2.33. The summed E-state index contributed by atoms with van der Waals surface area (Å²) in [5.74, 6) is 0.962. The number of nitrogens with zero attached hydrogens (tertiary/aromatic N) is 2. The molecule has 0 radical (unpaired) electrons. The molecular formula is C14H20N2O2. The molecule has 1 unspecified atom stereocenters. The lowest BCUT2D eigenvalue weighted by Gasteiger charge is -2.33. The molecule has 1 fully saturated rings. The maximum Gasteiger partial charge on any atom is 0.159 e. The van der Waals surface area contributed by atoms with Gasteiger partial charge in [-0.3, -0.25) is 4.79 Å². The standard InChI is InChI=1S/C14H20N2O2/c1-3-18-13-5-4-8-16(10-13)14-9-12(11(2)17)6-7-15-14/h6-7,9,13H,3-5,8,10H2,1-2H3. The second-order valence-corrected chi connectivity index (χ2v) is 4.62. The quantitative estimate of drug-likeness (QED) is 0.767. The van der Waals surface area contributed by atoms with Crippen molar-refractivity contribution in [1.82, 2.24) is 4.98 Å². The number of rotatable bonds is 4. The highest BCUT2D eigenvalue weighted by molar-refractivity contribution is 5.94. The highest BCUT2D eigenvalue weighted by Crippen LogP contribution is 2.20. The van der Waals surface area contributed by atoms with Gasteiger partial charge < -0.3 is 9.64 Å². The molecule has 0 saturated carbocycles. The van der Waals surface area contributed by atoms with Gasteiger partial charge in [0.1, 0.15) is 5.82 Å². The Morgan fingerprint density at radius 2 is 2.44 bits per heavy atom. The zero-order valence-electron chi connectivity index (χ0n) is 11.1. The molecule has 1 aromatic heterocycles. The van der Waals surface area contributed by atoms with E-state index in [9.17, 15) is 4.79 Å². The summed E-state index contributed by atoms with van der Waals surface area (Å²) >= 11 is 0. The topological polar surface area (TPSA) is 42.4 Å². The largest absolute Gasteiger partial charge is 0.377 e. The van der Waals surface area contributed by atoms with Crippen LogP contribution < -0.4 is 4.90 Å². The van der Waals surface area contributed by atoms with Gasteiger partial charge in [0.15, 0.2) is 5.78 Å². The summed E-state index contributed by atoms with van der Waals surface area (Å²) in [5, 5.41) is 0. The van der Waals surface area contributed by atoms with Gasteiger partial charge in [-0.1, -0.05) is 0 Å². The molecule has 1 atom stereocenters. The summed E-state index contributed by atoms with van der Waals surface area (Å²) in [5.41, 5.74) is 0.721. The van der Waals surface area contributed by atoms with E-state index in [0.717, 1.165) is 43.9 Å². The maximum atomic E-state index is 11.4. The zero-order valence-corrected chi connectivity index (χ0v) is 11.1. The lowest BCUT2D eigenvalue weighted by atomic mass is 10.1. The smallest absolute Gasteiger partial charge is 0.159 e. The van der Waals surface area contributed by atoms with Gasteiger partial charge in [-0.25, -0.2) is 4.98 Å². The predicted octanol–water partition coefficient (Wildman–Crippen LogP) is 2.29. The third-order valence-corrected chi connectivity index (χ3v) is 3.26. The lowest BCUT2D eigenvalue weighted by Crippen LogP contribution is -2.40. The van der Waals surface area contributed by atoms with E-state index >= 15 is 0 Å². The van der Waals surface area contributed by atoms with E-state index in [2.05, 4.69) is 9.88 Å². The number of hydrogen-bond acceptors (Lipinski definition) is 4. The first-order chi connectivity index (χ1) is 8.70. The Kier molecular flexibility index (Phi) is 4.31. The summed E-state index contributed by atoms with van der Waals surface area (Å²) in [6.45, 7) is 6.20. The molecule has 18 heavy (non-hydrogen) atoms. The molecule has 4 nitrogen and oxygen atoms in total. The number of carbonyl (C=O) groups is 1. The van der Waals surface area contributed by atoms with Crippen LogP contribution in [0, 0.1) is 0 Å². The van der Waals surface area contributed by atoms with Crippen LogP contribution in [0.2, 0.25) is 0 Å². The van der Waals surface area contributed by atoms with Crippen LogP contribution in [0.5, 0.6) is 0 Å². The van der Waals surface area contributed by atoms with Gasteiger partial charge in [-0.2, -0.15) is 0 Å². The normalized spacial score (nSPS) is 19.9. The van der Waals surface area contributed by atoms with E-state index < -0.39 is 0 Å². The van der Waals surface area contributed by atoms with E-state index in [1.54, 1.807) is 19.2 Å². The molecular weight excluding hydrogens is 228 g/mol. The first kappa shape index (κ1) is 13.0. The number of ether oxygens (including phenoxy) is 1. The Morgan fingerprint density at radius 3 is 3.17 bits per heavy atom. The highest BCUT2D eigenvalue weighted by Gasteiger charge is 2.21. The predicted molar refractivity (Wildman–Crippen MR) is 71.1 cm³/mol.